The first kappa shape index (κ1) is 15.3. The SMILES string of the molecule is CCOCC(O)CNCCCC(=O)OCC. The molecule has 0 aromatic carbocycles. The van der Waals surface area contributed by atoms with Crippen molar-refractivity contribution < 1.29 is 19.4 Å². The molecule has 1 atom stereocenters. The highest BCUT2D eigenvalue weighted by Gasteiger charge is 2.04. The predicted molar refractivity (Wildman–Crippen MR) is 61.2 cm³/mol. The third-order valence-corrected chi connectivity index (χ3v) is 1.93. The summed E-state index contributed by atoms with van der Waals surface area (Å²) in [5, 5.41) is 12.4. The third-order valence-electron chi connectivity index (χ3n) is 1.93. The standard InChI is InChI=1S/C11H23NO4/c1-3-15-9-10(13)8-12-7-5-6-11(14)16-4-2/h10,12-13H,3-9H2,1-2H3. The summed E-state index contributed by atoms with van der Waals surface area (Å²) in [5.74, 6) is -0.167. The van der Waals surface area contributed by atoms with Gasteiger partial charge in [0.2, 0.25) is 0 Å². The van der Waals surface area contributed by atoms with Gasteiger partial charge in [-0.3, -0.25) is 4.79 Å². The average Bonchev–Trinajstić information content (AvgIpc) is 2.26. The van der Waals surface area contributed by atoms with Crippen LogP contribution in [0.3, 0.4) is 0 Å². The van der Waals surface area contributed by atoms with Gasteiger partial charge in [0.25, 0.3) is 0 Å². The first-order chi connectivity index (χ1) is 7.70. The molecule has 0 radical (unpaired) electrons. The zero-order valence-corrected chi connectivity index (χ0v) is 10.2. The lowest BCUT2D eigenvalue weighted by atomic mass is 10.3. The smallest absolute Gasteiger partial charge is 0.305 e. The van der Waals surface area contributed by atoms with Crippen LogP contribution in [-0.4, -0.2) is 50.1 Å². The summed E-state index contributed by atoms with van der Waals surface area (Å²) >= 11 is 0. The number of carbonyl (C=O) groups is 1. The van der Waals surface area contributed by atoms with Crippen LogP contribution < -0.4 is 5.32 Å². The van der Waals surface area contributed by atoms with Gasteiger partial charge in [-0.25, -0.2) is 0 Å². The molecule has 1 unspecified atom stereocenters. The molecule has 0 aromatic heterocycles. The lowest BCUT2D eigenvalue weighted by molar-refractivity contribution is -0.143. The van der Waals surface area contributed by atoms with E-state index in [9.17, 15) is 9.90 Å². The van der Waals surface area contributed by atoms with Crippen molar-refractivity contribution in [2.24, 2.45) is 0 Å². The Morgan fingerprint density at radius 1 is 1.38 bits per heavy atom. The van der Waals surface area contributed by atoms with Crippen molar-refractivity contribution >= 4 is 5.97 Å². The molecule has 0 fully saturated rings. The minimum absolute atomic E-state index is 0.167. The Hall–Kier alpha value is -0.650. The van der Waals surface area contributed by atoms with Gasteiger partial charge in [0, 0.05) is 19.6 Å². The molecule has 5 nitrogen and oxygen atoms in total. The van der Waals surface area contributed by atoms with Crippen LogP contribution in [-0.2, 0) is 14.3 Å². The molecule has 0 saturated carbocycles. The Labute approximate surface area is 97.1 Å². The van der Waals surface area contributed by atoms with Gasteiger partial charge in [-0.05, 0) is 26.8 Å². The second-order valence-electron chi connectivity index (χ2n) is 3.43. The van der Waals surface area contributed by atoms with Gasteiger partial charge in [-0.1, -0.05) is 0 Å². The van der Waals surface area contributed by atoms with Crippen molar-refractivity contribution in [2.45, 2.75) is 32.8 Å². The van der Waals surface area contributed by atoms with Crippen LogP contribution in [0.2, 0.25) is 0 Å². The van der Waals surface area contributed by atoms with E-state index in [2.05, 4.69) is 5.32 Å². The first-order valence-electron chi connectivity index (χ1n) is 5.82. The number of hydrogen-bond donors (Lipinski definition) is 2. The molecule has 0 aliphatic rings. The molecule has 0 aliphatic heterocycles. The summed E-state index contributed by atoms with van der Waals surface area (Å²) in [6.45, 7) is 6.26. The van der Waals surface area contributed by atoms with E-state index < -0.39 is 6.10 Å². The van der Waals surface area contributed by atoms with Gasteiger partial charge >= 0.3 is 5.97 Å². The molecule has 0 bridgehead atoms. The van der Waals surface area contributed by atoms with E-state index in [1.807, 2.05) is 6.92 Å². The molecule has 96 valence electrons. The van der Waals surface area contributed by atoms with Crippen LogP contribution in [0.15, 0.2) is 0 Å². The lowest BCUT2D eigenvalue weighted by Gasteiger charge is -2.11. The largest absolute Gasteiger partial charge is 0.466 e. The Morgan fingerprint density at radius 3 is 2.75 bits per heavy atom. The average molecular weight is 233 g/mol. The summed E-state index contributed by atoms with van der Waals surface area (Å²) < 4.78 is 9.84. The molecular formula is C11H23NO4. The molecule has 0 aliphatic carbocycles. The number of nitrogens with one attached hydrogen (secondary N) is 1. The van der Waals surface area contributed by atoms with Crippen LogP contribution in [0, 0.1) is 0 Å². The Morgan fingerprint density at radius 2 is 2.12 bits per heavy atom. The molecule has 16 heavy (non-hydrogen) atoms. The maximum absolute atomic E-state index is 11.0. The Bertz CT molecular complexity index is 175. The van der Waals surface area contributed by atoms with E-state index in [-0.39, 0.29) is 5.97 Å². The predicted octanol–water partition coefficient (Wildman–Crippen LogP) is 0.317. The van der Waals surface area contributed by atoms with Crippen molar-refractivity contribution in [2.75, 3.05) is 32.9 Å². The lowest BCUT2D eigenvalue weighted by Crippen LogP contribution is -2.31. The fourth-order valence-electron chi connectivity index (χ4n) is 1.17. The van der Waals surface area contributed by atoms with Crippen LogP contribution in [0.4, 0.5) is 0 Å². The second-order valence-corrected chi connectivity index (χ2v) is 3.43. The minimum Gasteiger partial charge on any atom is -0.466 e. The van der Waals surface area contributed by atoms with Gasteiger partial charge in [-0.2, -0.15) is 0 Å². The maximum atomic E-state index is 11.0. The van der Waals surface area contributed by atoms with Gasteiger partial charge < -0.3 is 19.9 Å². The summed E-state index contributed by atoms with van der Waals surface area (Å²) in [7, 11) is 0. The molecule has 0 spiro atoms. The van der Waals surface area contributed by atoms with Crippen molar-refractivity contribution in [1.82, 2.24) is 5.32 Å². The number of esters is 1. The number of aliphatic hydroxyl groups is 1. The van der Waals surface area contributed by atoms with Gasteiger partial charge in [0.15, 0.2) is 0 Å². The highest BCUT2D eigenvalue weighted by Crippen LogP contribution is 1.91. The van der Waals surface area contributed by atoms with E-state index in [0.717, 1.165) is 6.42 Å². The van der Waals surface area contributed by atoms with Crippen LogP contribution >= 0.6 is 0 Å². The van der Waals surface area contributed by atoms with Crippen LogP contribution in [0.25, 0.3) is 0 Å². The van der Waals surface area contributed by atoms with Crippen molar-refractivity contribution in [1.29, 1.82) is 0 Å². The van der Waals surface area contributed by atoms with Gasteiger partial charge in [0.1, 0.15) is 0 Å². The highest BCUT2D eigenvalue weighted by atomic mass is 16.5. The van der Waals surface area contributed by atoms with Crippen LogP contribution in [0.1, 0.15) is 26.7 Å². The second kappa shape index (κ2) is 10.9. The first-order valence-corrected chi connectivity index (χ1v) is 5.82. The Kier molecular flexibility index (Phi) is 10.4. The van der Waals surface area contributed by atoms with Gasteiger partial charge in [0.05, 0.1) is 19.3 Å². The normalized spacial score (nSPS) is 12.4. The van der Waals surface area contributed by atoms with E-state index in [4.69, 9.17) is 9.47 Å². The molecule has 5 heteroatoms. The van der Waals surface area contributed by atoms with E-state index in [1.165, 1.54) is 0 Å². The zero-order valence-electron chi connectivity index (χ0n) is 10.2. The van der Waals surface area contributed by atoms with Crippen molar-refractivity contribution in [3.63, 3.8) is 0 Å². The number of aliphatic hydroxyl groups excluding tert-OH is 1. The van der Waals surface area contributed by atoms with Gasteiger partial charge in [-0.15, -0.1) is 0 Å². The molecule has 0 aromatic rings. The molecule has 2 N–H and O–H groups in total. The monoisotopic (exact) mass is 233 g/mol. The summed E-state index contributed by atoms with van der Waals surface area (Å²) in [6.07, 6.45) is 0.658. The van der Waals surface area contributed by atoms with E-state index >= 15 is 0 Å². The molecular weight excluding hydrogens is 210 g/mol. The third kappa shape index (κ3) is 9.89. The molecule has 0 rings (SSSR count). The molecule has 0 saturated heterocycles. The summed E-state index contributed by atoms with van der Waals surface area (Å²) in [6, 6.07) is 0. The topological polar surface area (TPSA) is 67.8 Å². The number of rotatable bonds is 10. The van der Waals surface area contributed by atoms with E-state index in [1.54, 1.807) is 6.92 Å². The van der Waals surface area contributed by atoms with E-state index in [0.29, 0.717) is 39.3 Å². The maximum Gasteiger partial charge on any atom is 0.305 e. The molecule has 0 heterocycles. The quantitative estimate of drug-likeness (QED) is 0.420. The number of ether oxygens (including phenoxy) is 2. The van der Waals surface area contributed by atoms with Crippen molar-refractivity contribution in [3.8, 4) is 0 Å². The zero-order chi connectivity index (χ0) is 12.2. The van der Waals surface area contributed by atoms with Crippen molar-refractivity contribution in [3.05, 3.63) is 0 Å². The highest BCUT2D eigenvalue weighted by molar-refractivity contribution is 5.69. The summed E-state index contributed by atoms with van der Waals surface area (Å²) in [5.41, 5.74) is 0. The molecule has 0 amide bonds. The number of carbonyl (C=O) groups excluding carboxylic acids is 1. The minimum atomic E-state index is -0.484. The fraction of sp³-hybridized carbons (Fsp3) is 0.909. The fourth-order valence-corrected chi connectivity index (χ4v) is 1.17. The Balaban J connectivity index is 3.23. The summed E-state index contributed by atoms with van der Waals surface area (Å²) in [4.78, 5) is 11.0. The number of hydrogen-bond acceptors (Lipinski definition) is 5. The van der Waals surface area contributed by atoms with Crippen LogP contribution in [0.5, 0.6) is 0 Å².